The summed E-state index contributed by atoms with van der Waals surface area (Å²) in [4.78, 5) is 24.9. The van der Waals surface area contributed by atoms with Crippen LogP contribution in [0.3, 0.4) is 0 Å². The Hall–Kier alpha value is -2.74. The molecule has 1 aliphatic heterocycles. The molecule has 1 saturated heterocycles. The molecule has 1 aliphatic rings. The average molecular weight is 371 g/mol. The largest absolute Gasteiger partial charge is 0.365 e. The van der Waals surface area contributed by atoms with Crippen LogP contribution in [0.15, 0.2) is 24.4 Å². The number of rotatable bonds is 6. The van der Waals surface area contributed by atoms with Crippen molar-refractivity contribution in [3.8, 4) is 0 Å². The number of carbonyl (C=O) groups is 1. The molecule has 144 valence electrons. The van der Waals surface area contributed by atoms with Crippen LogP contribution >= 0.6 is 0 Å². The molecule has 27 heavy (non-hydrogen) atoms. The summed E-state index contributed by atoms with van der Waals surface area (Å²) >= 11 is 0. The molecule has 0 unspecified atom stereocenters. The highest BCUT2D eigenvalue weighted by atomic mass is 16.6. The number of nitro benzene ring substituents is 1. The third kappa shape index (κ3) is 4.16. The van der Waals surface area contributed by atoms with E-state index in [-0.39, 0.29) is 22.4 Å². The first-order valence-corrected chi connectivity index (χ1v) is 9.19. The summed E-state index contributed by atoms with van der Waals surface area (Å²) < 4.78 is 0. The molecule has 1 amide bonds. The molecule has 1 atom stereocenters. The topological polar surface area (TPSA) is 118 Å². The molecule has 2 aromatic rings. The van der Waals surface area contributed by atoms with E-state index >= 15 is 0 Å². The highest BCUT2D eigenvalue weighted by molar-refractivity contribution is 5.93. The molecule has 1 aromatic carbocycles. The molecule has 0 saturated carbocycles. The van der Waals surface area contributed by atoms with E-state index < -0.39 is 5.91 Å². The van der Waals surface area contributed by atoms with Crippen molar-refractivity contribution in [3.05, 3.63) is 56.9 Å². The number of benzene rings is 1. The van der Waals surface area contributed by atoms with Gasteiger partial charge in [-0.25, -0.2) is 0 Å². The SMILES string of the molecule is CC(C)c1ccc(CN2CCC[C@@H](c3[nH]ncc3C(N)=O)C2)cc1[N+](=O)[O-]. The lowest BCUT2D eigenvalue weighted by molar-refractivity contribution is -0.385. The third-order valence-corrected chi connectivity index (χ3v) is 5.17. The van der Waals surface area contributed by atoms with Crippen molar-refractivity contribution >= 4 is 11.6 Å². The molecule has 0 aliphatic carbocycles. The predicted octanol–water partition coefficient (Wildman–Crippen LogP) is 2.92. The first kappa shape index (κ1) is 19.0. The lowest BCUT2D eigenvalue weighted by atomic mass is 9.92. The van der Waals surface area contributed by atoms with Crippen molar-refractivity contribution in [1.29, 1.82) is 0 Å². The number of amides is 1. The molecular formula is C19H25N5O3. The van der Waals surface area contributed by atoms with Gasteiger partial charge in [0.25, 0.3) is 11.6 Å². The molecular weight excluding hydrogens is 346 g/mol. The number of likely N-dealkylation sites (tertiary alicyclic amines) is 1. The van der Waals surface area contributed by atoms with Gasteiger partial charge in [0, 0.05) is 30.6 Å². The maximum absolute atomic E-state index is 11.6. The summed E-state index contributed by atoms with van der Waals surface area (Å²) in [6.07, 6.45) is 3.41. The number of nitrogens with two attached hydrogens (primary N) is 1. The van der Waals surface area contributed by atoms with Crippen LogP contribution in [-0.2, 0) is 6.54 Å². The average Bonchev–Trinajstić information content (AvgIpc) is 3.12. The first-order valence-electron chi connectivity index (χ1n) is 9.19. The Kier molecular flexibility index (Phi) is 5.55. The van der Waals surface area contributed by atoms with Gasteiger partial charge in [-0.15, -0.1) is 0 Å². The quantitative estimate of drug-likeness (QED) is 0.598. The fourth-order valence-corrected chi connectivity index (χ4v) is 3.83. The lowest BCUT2D eigenvalue weighted by Crippen LogP contribution is -2.34. The Morgan fingerprint density at radius 1 is 1.48 bits per heavy atom. The Morgan fingerprint density at radius 3 is 2.93 bits per heavy atom. The zero-order chi connectivity index (χ0) is 19.6. The fourth-order valence-electron chi connectivity index (χ4n) is 3.83. The number of carbonyl (C=O) groups excluding carboxylic acids is 1. The van der Waals surface area contributed by atoms with Gasteiger partial charge in [0.15, 0.2) is 0 Å². The second-order valence-corrected chi connectivity index (χ2v) is 7.44. The Balaban J connectivity index is 1.76. The number of H-pyrrole nitrogens is 1. The summed E-state index contributed by atoms with van der Waals surface area (Å²) in [5.74, 6) is -0.226. The fraction of sp³-hybridized carbons (Fsp3) is 0.474. The van der Waals surface area contributed by atoms with Gasteiger partial charge in [-0.05, 0) is 30.9 Å². The Morgan fingerprint density at radius 2 is 2.26 bits per heavy atom. The molecule has 8 nitrogen and oxygen atoms in total. The van der Waals surface area contributed by atoms with Crippen LogP contribution in [0.1, 0.15) is 65.7 Å². The van der Waals surface area contributed by atoms with E-state index in [9.17, 15) is 14.9 Å². The number of aromatic amines is 1. The molecule has 3 rings (SSSR count). The molecule has 0 radical (unpaired) electrons. The normalized spacial score (nSPS) is 18.0. The standard InChI is InChI=1S/C19H25N5O3/c1-12(2)15-6-5-13(8-17(15)24(26)27)10-23-7-3-4-14(11-23)18-16(19(20)25)9-21-22-18/h5-6,8-9,12,14H,3-4,7,10-11H2,1-2H3,(H2,20,25)(H,21,22)/t14-/m1/s1. The van der Waals surface area contributed by atoms with Crippen molar-refractivity contribution in [3.63, 3.8) is 0 Å². The van der Waals surface area contributed by atoms with Gasteiger partial charge in [-0.3, -0.25) is 24.9 Å². The van der Waals surface area contributed by atoms with Gasteiger partial charge in [0.2, 0.25) is 0 Å². The molecule has 0 bridgehead atoms. The van der Waals surface area contributed by atoms with Crippen LogP contribution in [0.2, 0.25) is 0 Å². The number of aromatic nitrogens is 2. The molecule has 1 aromatic heterocycles. The van der Waals surface area contributed by atoms with E-state index in [4.69, 9.17) is 5.73 Å². The number of nitrogens with zero attached hydrogens (tertiary/aromatic N) is 3. The maximum Gasteiger partial charge on any atom is 0.273 e. The van der Waals surface area contributed by atoms with Crippen molar-refractivity contribution in [1.82, 2.24) is 15.1 Å². The second-order valence-electron chi connectivity index (χ2n) is 7.44. The molecule has 1 fully saturated rings. The predicted molar refractivity (Wildman–Crippen MR) is 102 cm³/mol. The van der Waals surface area contributed by atoms with E-state index in [1.807, 2.05) is 26.0 Å². The summed E-state index contributed by atoms with van der Waals surface area (Å²) in [7, 11) is 0. The zero-order valence-electron chi connectivity index (χ0n) is 15.6. The number of piperidine rings is 1. The van der Waals surface area contributed by atoms with Crippen LogP contribution in [-0.4, -0.2) is 39.0 Å². The van der Waals surface area contributed by atoms with E-state index in [0.29, 0.717) is 12.1 Å². The van der Waals surface area contributed by atoms with Gasteiger partial charge in [0.1, 0.15) is 0 Å². The van der Waals surface area contributed by atoms with E-state index in [1.54, 1.807) is 6.07 Å². The summed E-state index contributed by atoms with van der Waals surface area (Å²) in [5, 5.41) is 18.3. The number of hydrogen-bond acceptors (Lipinski definition) is 5. The highest BCUT2D eigenvalue weighted by Gasteiger charge is 2.26. The number of nitro groups is 1. The van der Waals surface area contributed by atoms with Gasteiger partial charge < -0.3 is 5.73 Å². The minimum absolute atomic E-state index is 0.103. The summed E-state index contributed by atoms with van der Waals surface area (Å²) in [6, 6.07) is 5.51. The van der Waals surface area contributed by atoms with Crippen molar-refractivity contribution < 1.29 is 9.72 Å². The summed E-state index contributed by atoms with van der Waals surface area (Å²) in [6.45, 7) is 6.21. The van der Waals surface area contributed by atoms with Crippen LogP contribution < -0.4 is 5.73 Å². The molecule has 8 heteroatoms. The van der Waals surface area contributed by atoms with E-state index in [2.05, 4.69) is 15.1 Å². The smallest absolute Gasteiger partial charge is 0.273 e. The molecule has 0 spiro atoms. The second kappa shape index (κ2) is 7.87. The summed E-state index contributed by atoms with van der Waals surface area (Å²) in [5.41, 5.74) is 8.52. The van der Waals surface area contributed by atoms with Gasteiger partial charge >= 0.3 is 0 Å². The minimum Gasteiger partial charge on any atom is -0.365 e. The first-order chi connectivity index (χ1) is 12.9. The highest BCUT2D eigenvalue weighted by Crippen LogP contribution is 2.31. The van der Waals surface area contributed by atoms with Gasteiger partial charge in [-0.2, -0.15) is 5.10 Å². The maximum atomic E-state index is 11.6. The van der Waals surface area contributed by atoms with Crippen LogP contribution in [0.4, 0.5) is 5.69 Å². The zero-order valence-corrected chi connectivity index (χ0v) is 15.6. The van der Waals surface area contributed by atoms with Crippen molar-refractivity contribution in [2.75, 3.05) is 13.1 Å². The Bertz CT molecular complexity index is 846. The van der Waals surface area contributed by atoms with Crippen LogP contribution in [0, 0.1) is 10.1 Å². The van der Waals surface area contributed by atoms with Crippen LogP contribution in [0.25, 0.3) is 0 Å². The number of primary amides is 1. The van der Waals surface area contributed by atoms with Gasteiger partial charge in [-0.1, -0.05) is 26.0 Å². The lowest BCUT2D eigenvalue weighted by Gasteiger charge is -2.32. The van der Waals surface area contributed by atoms with Crippen LogP contribution in [0.5, 0.6) is 0 Å². The monoisotopic (exact) mass is 371 g/mol. The molecule has 2 heterocycles. The van der Waals surface area contributed by atoms with Crippen molar-refractivity contribution in [2.24, 2.45) is 5.73 Å². The Labute approximate surface area is 157 Å². The van der Waals surface area contributed by atoms with E-state index in [1.165, 1.54) is 6.20 Å². The number of nitrogens with one attached hydrogen (secondary N) is 1. The minimum atomic E-state index is -0.476. The third-order valence-electron chi connectivity index (χ3n) is 5.17. The van der Waals surface area contributed by atoms with Crippen molar-refractivity contribution in [2.45, 2.75) is 45.1 Å². The number of hydrogen-bond donors (Lipinski definition) is 2. The van der Waals surface area contributed by atoms with E-state index in [0.717, 1.165) is 42.8 Å². The van der Waals surface area contributed by atoms with Gasteiger partial charge in [0.05, 0.1) is 22.4 Å². The molecule has 3 N–H and O–H groups in total.